The van der Waals surface area contributed by atoms with E-state index in [4.69, 9.17) is 0 Å². The van der Waals surface area contributed by atoms with Gasteiger partial charge in [0.15, 0.2) is 0 Å². The van der Waals surface area contributed by atoms with Crippen LogP contribution in [-0.2, 0) is 0 Å². The fourth-order valence-electron chi connectivity index (χ4n) is 2.91. The highest BCUT2D eigenvalue weighted by molar-refractivity contribution is 7.99. The van der Waals surface area contributed by atoms with Crippen molar-refractivity contribution in [2.75, 3.05) is 25.9 Å². The van der Waals surface area contributed by atoms with Gasteiger partial charge in [0.25, 0.3) is 0 Å². The summed E-state index contributed by atoms with van der Waals surface area (Å²) >= 11 is 1.99. The van der Waals surface area contributed by atoms with E-state index < -0.39 is 0 Å². The maximum atomic E-state index is 3.79. The van der Waals surface area contributed by atoms with E-state index in [1.54, 1.807) is 0 Å². The van der Waals surface area contributed by atoms with Crippen molar-refractivity contribution in [2.45, 2.75) is 64.8 Å². The molecule has 1 heterocycles. The molecule has 0 bridgehead atoms. The predicted molar refractivity (Wildman–Crippen MR) is 89.0 cm³/mol. The third kappa shape index (κ3) is 4.95. The van der Waals surface area contributed by atoms with E-state index in [1.807, 2.05) is 11.8 Å². The van der Waals surface area contributed by atoms with Crippen molar-refractivity contribution in [3.05, 3.63) is 0 Å². The number of hydrogen-bond donors (Lipinski definition) is 1. The Hall–Kier alpha value is 0.270. The number of nitrogens with one attached hydrogen (secondary N) is 1. The third-order valence-electron chi connectivity index (χ3n) is 4.73. The fourth-order valence-corrected chi connectivity index (χ4v) is 3.21. The molecule has 3 atom stereocenters. The second-order valence-electron chi connectivity index (χ2n) is 7.10. The summed E-state index contributed by atoms with van der Waals surface area (Å²) in [6.45, 7) is 17.7. The van der Waals surface area contributed by atoms with Gasteiger partial charge >= 0.3 is 0 Å². The topological polar surface area (TPSA) is 15.3 Å². The van der Waals surface area contributed by atoms with Gasteiger partial charge < -0.3 is 5.32 Å². The van der Waals surface area contributed by atoms with Gasteiger partial charge in [-0.2, -0.15) is 11.8 Å². The molecule has 0 aliphatic carbocycles. The summed E-state index contributed by atoms with van der Waals surface area (Å²) in [6, 6.07) is 1.35. The zero-order valence-electron chi connectivity index (χ0n) is 14.0. The van der Waals surface area contributed by atoms with Crippen molar-refractivity contribution in [2.24, 2.45) is 11.8 Å². The van der Waals surface area contributed by atoms with Gasteiger partial charge in [-0.25, -0.2) is 0 Å². The van der Waals surface area contributed by atoms with Crippen LogP contribution in [0.4, 0.5) is 0 Å². The summed E-state index contributed by atoms with van der Waals surface area (Å²) in [7, 11) is 0. The van der Waals surface area contributed by atoms with Crippen LogP contribution in [0.1, 0.15) is 48.0 Å². The second-order valence-corrected chi connectivity index (χ2v) is 8.62. The minimum Gasteiger partial charge on any atom is -0.311 e. The Morgan fingerprint density at radius 2 is 1.95 bits per heavy atom. The van der Waals surface area contributed by atoms with E-state index in [-0.39, 0.29) is 0 Å². The molecule has 1 aliphatic rings. The smallest absolute Gasteiger partial charge is 0.0244 e. The van der Waals surface area contributed by atoms with Crippen molar-refractivity contribution in [1.29, 1.82) is 0 Å². The van der Waals surface area contributed by atoms with Crippen LogP contribution in [0.2, 0.25) is 0 Å². The molecule has 3 unspecified atom stereocenters. The Bertz CT molecular complexity index is 265. The first kappa shape index (κ1) is 17.3. The van der Waals surface area contributed by atoms with E-state index in [9.17, 15) is 0 Å². The Kier molecular flexibility index (Phi) is 6.68. The molecule has 0 aromatic heterocycles. The molecule has 114 valence electrons. The van der Waals surface area contributed by atoms with Gasteiger partial charge in [-0.1, -0.05) is 34.1 Å². The molecule has 0 aromatic rings. The number of hydrogen-bond acceptors (Lipinski definition) is 3. The number of thioether (sulfide) groups is 1. The molecule has 1 fully saturated rings. The van der Waals surface area contributed by atoms with E-state index in [0.717, 1.165) is 18.4 Å². The molecular weight excluding hydrogens is 252 g/mol. The normalized spacial score (nSPS) is 27.8. The van der Waals surface area contributed by atoms with Crippen molar-refractivity contribution >= 4 is 11.8 Å². The molecule has 19 heavy (non-hydrogen) atoms. The highest BCUT2D eigenvalue weighted by atomic mass is 32.2. The lowest BCUT2D eigenvalue weighted by molar-refractivity contribution is 0.0759. The minimum absolute atomic E-state index is 0.352. The fraction of sp³-hybridized carbons (Fsp3) is 1.00. The van der Waals surface area contributed by atoms with Crippen molar-refractivity contribution in [3.8, 4) is 0 Å². The summed E-state index contributed by atoms with van der Waals surface area (Å²) in [5.41, 5.74) is 0. The highest BCUT2D eigenvalue weighted by Crippen LogP contribution is 2.27. The van der Waals surface area contributed by atoms with Crippen LogP contribution in [0.5, 0.6) is 0 Å². The van der Waals surface area contributed by atoms with Gasteiger partial charge in [0.05, 0.1) is 0 Å². The van der Waals surface area contributed by atoms with Crippen LogP contribution in [0.15, 0.2) is 0 Å². The lowest BCUT2D eigenvalue weighted by Crippen LogP contribution is -2.61. The lowest BCUT2D eigenvalue weighted by atomic mass is 9.91. The van der Waals surface area contributed by atoms with Crippen molar-refractivity contribution < 1.29 is 0 Å². The zero-order valence-corrected chi connectivity index (χ0v) is 14.8. The molecule has 1 rings (SSSR count). The van der Waals surface area contributed by atoms with Crippen LogP contribution in [-0.4, -0.2) is 47.6 Å². The Morgan fingerprint density at radius 3 is 2.42 bits per heavy atom. The van der Waals surface area contributed by atoms with Crippen LogP contribution in [0.3, 0.4) is 0 Å². The van der Waals surface area contributed by atoms with E-state index in [2.05, 4.69) is 58.0 Å². The largest absolute Gasteiger partial charge is 0.311 e. The molecule has 0 saturated carbocycles. The molecule has 0 aromatic carbocycles. The number of rotatable bonds is 6. The first-order valence-electron chi connectivity index (χ1n) is 7.83. The van der Waals surface area contributed by atoms with Crippen LogP contribution in [0, 0.1) is 11.8 Å². The Balaban J connectivity index is 2.73. The lowest BCUT2D eigenvalue weighted by Gasteiger charge is -2.46. The summed E-state index contributed by atoms with van der Waals surface area (Å²) < 4.78 is 0.352. The monoisotopic (exact) mass is 286 g/mol. The summed E-state index contributed by atoms with van der Waals surface area (Å²) in [5, 5.41) is 3.79. The number of piperazine rings is 1. The molecular formula is C16H34N2S. The van der Waals surface area contributed by atoms with Gasteiger partial charge in [-0.05, 0) is 31.9 Å². The van der Waals surface area contributed by atoms with Crippen molar-refractivity contribution in [3.63, 3.8) is 0 Å². The SMILES string of the molecule is CCC(C)C1CN(CC(C)(C)SC)C(C(C)C)CN1. The van der Waals surface area contributed by atoms with Crippen LogP contribution in [0.25, 0.3) is 0 Å². The molecule has 0 radical (unpaired) electrons. The van der Waals surface area contributed by atoms with Gasteiger partial charge in [-0.15, -0.1) is 0 Å². The van der Waals surface area contributed by atoms with E-state index in [1.165, 1.54) is 19.5 Å². The first-order valence-corrected chi connectivity index (χ1v) is 9.05. The third-order valence-corrected chi connectivity index (χ3v) is 5.96. The standard InChI is InChI=1S/C16H34N2S/c1-8-13(4)14-10-18(11-16(5,6)19-7)15(9-17-14)12(2)3/h12-15,17H,8-11H2,1-7H3. The number of nitrogens with zero attached hydrogens (tertiary/aromatic N) is 1. The maximum absolute atomic E-state index is 3.79. The Labute approximate surface area is 125 Å². The molecule has 1 N–H and O–H groups in total. The quantitative estimate of drug-likeness (QED) is 0.805. The van der Waals surface area contributed by atoms with Crippen molar-refractivity contribution in [1.82, 2.24) is 10.2 Å². The minimum atomic E-state index is 0.352. The highest BCUT2D eigenvalue weighted by Gasteiger charge is 2.34. The molecule has 0 amide bonds. The summed E-state index contributed by atoms with van der Waals surface area (Å²) in [4.78, 5) is 2.74. The second kappa shape index (κ2) is 7.33. The van der Waals surface area contributed by atoms with Crippen LogP contribution < -0.4 is 5.32 Å². The molecule has 3 heteroatoms. The maximum Gasteiger partial charge on any atom is 0.0244 e. The van der Waals surface area contributed by atoms with E-state index in [0.29, 0.717) is 16.8 Å². The van der Waals surface area contributed by atoms with Crippen LogP contribution >= 0.6 is 11.8 Å². The average molecular weight is 287 g/mol. The molecule has 1 aliphatic heterocycles. The molecule has 1 saturated heterocycles. The van der Waals surface area contributed by atoms with Gasteiger partial charge in [0.1, 0.15) is 0 Å². The van der Waals surface area contributed by atoms with Gasteiger partial charge in [0.2, 0.25) is 0 Å². The zero-order chi connectivity index (χ0) is 14.6. The van der Waals surface area contributed by atoms with Gasteiger partial charge in [0, 0.05) is 36.5 Å². The summed E-state index contributed by atoms with van der Waals surface area (Å²) in [6.07, 6.45) is 3.50. The van der Waals surface area contributed by atoms with Gasteiger partial charge in [-0.3, -0.25) is 4.90 Å². The first-order chi connectivity index (χ1) is 8.80. The molecule has 2 nitrogen and oxygen atoms in total. The summed E-state index contributed by atoms with van der Waals surface area (Å²) in [5.74, 6) is 1.50. The average Bonchev–Trinajstić information content (AvgIpc) is 2.37. The predicted octanol–water partition coefficient (Wildman–Crippen LogP) is 3.47. The Morgan fingerprint density at radius 1 is 1.32 bits per heavy atom. The van der Waals surface area contributed by atoms with E-state index >= 15 is 0 Å². The molecule has 0 spiro atoms.